The number of aliphatic hydroxyl groups is 4. The number of hydrogen-bond acceptors (Lipinski definition) is 10. The van der Waals surface area contributed by atoms with Crippen LogP contribution in [0.3, 0.4) is 0 Å². The minimum absolute atomic E-state index is 0.147. The molecule has 2 unspecified atom stereocenters. The molecule has 0 radical (unpaired) electrons. The zero-order chi connectivity index (χ0) is 44.4. The highest BCUT2D eigenvalue weighted by Crippen LogP contribution is 2.22. The molecule has 0 aromatic carbocycles. The number of rotatable bonds is 39. The van der Waals surface area contributed by atoms with Gasteiger partial charge in [0.2, 0.25) is 0 Å². The van der Waals surface area contributed by atoms with Crippen molar-refractivity contribution in [2.45, 2.75) is 218 Å². The molecule has 0 bridgehead atoms. The first-order valence-corrected chi connectivity index (χ1v) is 24.0. The average Bonchev–Trinajstić information content (AvgIpc) is 3.26. The second kappa shape index (κ2) is 41.2. The van der Waals surface area contributed by atoms with Crippen molar-refractivity contribution in [3.05, 3.63) is 72.9 Å². The van der Waals surface area contributed by atoms with Gasteiger partial charge in [-0.3, -0.25) is 9.59 Å². The molecule has 1 fully saturated rings. The van der Waals surface area contributed by atoms with Crippen LogP contribution in [-0.4, -0.2) is 89.0 Å². The third kappa shape index (κ3) is 32.5. The molecule has 10 heteroatoms. The number of carbonyl (C=O) groups is 2. The number of ether oxygens (including phenoxy) is 4. The van der Waals surface area contributed by atoms with E-state index in [1.165, 1.54) is 77.0 Å². The smallest absolute Gasteiger partial charge is 0.306 e. The molecule has 1 aliphatic heterocycles. The van der Waals surface area contributed by atoms with Crippen LogP contribution in [0.1, 0.15) is 181 Å². The molecule has 1 heterocycles. The summed E-state index contributed by atoms with van der Waals surface area (Å²) < 4.78 is 22.1. The molecule has 350 valence electrons. The number of carbonyl (C=O) groups excluding carboxylic acids is 2. The molecular formula is C51H86O10. The first-order valence-electron chi connectivity index (χ1n) is 24.0. The standard InChI is InChI=1S/C51H86O10/c1-3-5-7-9-11-13-15-17-19-20-21-22-23-24-26-28-30-32-34-36-38-40-47(54)60-44(43-59-51-50(57)49(56)48(55)45(41-52)61-51)42-58-46(53)39-37-35-33-31-29-27-25-18-16-14-12-10-8-6-4-2/h14,16,18-20,22-23,25-26,28,32,34,44-45,48-52,55-57H,3-13,15,17,21,24,27,29-31,33,35-43H2,1-2H3/b16-14+,20-19+,23-22+,25-18+,28-26+,34-32+/t44-,45-,48+,49?,50?,51-/m1/s1. The molecule has 1 rings (SSSR count). The van der Waals surface area contributed by atoms with Crippen molar-refractivity contribution in [1.82, 2.24) is 0 Å². The quantitative estimate of drug-likeness (QED) is 0.0203. The molecule has 1 aliphatic rings. The van der Waals surface area contributed by atoms with Gasteiger partial charge in [0.25, 0.3) is 0 Å². The summed E-state index contributed by atoms with van der Waals surface area (Å²) in [6, 6.07) is 0. The second-order valence-corrected chi connectivity index (χ2v) is 16.2. The Balaban J connectivity index is 2.37. The van der Waals surface area contributed by atoms with E-state index in [-0.39, 0.29) is 26.1 Å². The van der Waals surface area contributed by atoms with Crippen LogP contribution in [0.2, 0.25) is 0 Å². The molecule has 1 saturated heterocycles. The van der Waals surface area contributed by atoms with E-state index in [9.17, 15) is 30.0 Å². The van der Waals surface area contributed by atoms with Gasteiger partial charge >= 0.3 is 11.9 Å². The van der Waals surface area contributed by atoms with Crippen LogP contribution in [-0.2, 0) is 28.5 Å². The number of hydrogen-bond donors (Lipinski definition) is 4. The van der Waals surface area contributed by atoms with Crippen molar-refractivity contribution in [1.29, 1.82) is 0 Å². The number of aliphatic hydroxyl groups excluding tert-OH is 4. The highest BCUT2D eigenvalue weighted by molar-refractivity contribution is 5.70. The van der Waals surface area contributed by atoms with Crippen LogP contribution in [0.5, 0.6) is 0 Å². The third-order valence-corrected chi connectivity index (χ3v) is 10.6. The first-order chi connectivity index (χ1) is 29.8. The van der Waals surface area contributed by atoms with E-state index in [0.29, 0.717) is 19.3 Å². The van der Waals surface area contributed by atoms with E-state index in [1.807, 2.05) is 6.08 Å². The summed E-state index contributed by atoms with van der Waals surface area (Å²) in [5.41, 5.74) is 0. The van der Waals surface area contributed by atoms with Crippen LogP contribution in [0.4, 0.5) is 0 Å². The van der Waals surface area contributed by atoms with Gasteiger partial charge in [-0.1, -0.05) is 164 Å². The van der Waals surface area contributed by atoms with Gasteiger partial charge in [-0.05, 0) is 77.0 Å². The molecule has 4 N–H and O–H groups in total. The fraction of sp³-hybridized carbons (Fsp3) is 0.725. The molecule has 0 saturated carbocycles. The molecule has 0 aromatic heterocycles. The maximum absolute atomic E-state index is 12.8. The van der Waals surface area contributed by atoms with Gasteiger partial charge in [0.1, 0.15) is 31.0 Å². The van der Waals surface area contributed by atoms with E-state index < -0.39 is 55.4 Å². The summed E-state index contributed by atoms with van der Waals surface area (Å²) >= 11 is 0. The summed E-state index contributed by atoms with van der Waals surface area (Å²) in [7, 11) is 0. The molecule has 10 nitrogen and oxygen atoms in total. The van der Waals surface area contributed by atoms with Crippen molar-refractivity contribution in [2.75, 3.05) is 19.8 Å². The Labute approximate surface area is 370 Å². The van der Waals surface area contributed by atoms with Crippen LogP contribution in [0, 0.1) is 0 Å². The van der Waals surface area contributed by atoms with Crippen molar-refractivity contribution in [2.24, 2.45) is 0 Å². The number of allylic oxidation sites excluding steroid dienone is 12. The molecule has 61 heavy (non-hydrogen) atoms. The van der Waals surface area contributed by atoms with Crippen LogP contribution in [0.15, 0.2) is 72.9 Å². The summed E-state index contributed by atoms with van der Waals surface area (Å²) in [6.45, 7) is 3.32. The summed E-state index contributed by atoms with van der Waals surface area (Å²) in [5, 5.41) is 40.1. The lowest BCUT2D eigenvalue weighted by atomic mass is 9.99. The van der Waals surface area contributed by atoms with Crippen molar-refractivity contribution >= 4 is 11.9 Å². The molecule has 0 aliphatic carbocycles. The van der Waals surface area contributed by atoms with Gasteiger partial charge in [-0.25, -0.2) is 0 Å². The maximum Gasteiger partial charge on any atom is 0.306 e. The minimum Gasteiger partial charge on any atom is -0.462 e. The molecule has 6 atom stereocenters. The molecule has 0 spiro atoms. The highest BCUT2D eigenvalue weighted by Gasteiger charge is 2.44. The average molecular weight is 859 g/mol. The Morgan fingerprint density at radius 1 is 0.525 bits per heavy atom. The van der Waals surface area contributed by atoms with Gasteiger partial charge < -0.3 is 39.4 Å². The Morgan fingerprint density at radius 3 is 1.54 bits per heavy atom. The zero-order valence-corrected chi connectivity index (χ0v) is 38.1. The molecule has 0 aromatic rings. The van der Waals surface area contributed by atoms with Crippen molar-refractivity contribution < 1.29 is 49.0 Å². The summed E-state index contributed by atoms with van der Waals surface area (Å²) in [4.78, 5) is 25.3. The fourth-order valence-corrected chi connectivity index (χ4v) is 6.76. The van der Waals surface area contributed by atoms with Crippen LogP contribution < -0.4 is 0 Å². The van der Waals surface area contributed by atoms with Crippen LogP contribution >= 0.6 is 0 Å². The number of unbranched alkanes of at least 4 members (excludes halogenated alkanes) is 17. The Hall–Kier alpha value is -2.86. The normalized spacial score (nSPS) is 20.4. The van der Waals surface area contributed by atoms with Crippen LogP contribution in [0.25, 0.3) is 0 Å². The van der Waals surface area contributed by atoms with E-state index in [0.717, 1.165) is 57.8 Å². The van der Waals surface area contributed by atoms with E-state index >= 15 is 0 Å². The Morgan fingerprint density at radius 2 is 0.984 bits per heavy atom. The maximum atomic E-state index is 12.8. The first kappa shape index (κ1) is 56.2. The van der Waals surface area contributed by atoms with Gasteiger partial charge in [-0.15, -0.1) is 0 Å². The van der Waals surface area contributed by atoms with E-state index in [2.05, 4.69) is 80.7 Å². The molecular weight excluding hydrogens is 773 g/mol. The fourth-order valence-electron chi connectivity index (χ4n) is 6.76. The van der Waals surface area contributed by atoms with Gasteiger partial charge in [-0.2, -0.15) is 0 Å². The topological polar surface area (TPSA) is 152 Å². The summed E-state index contributed by atoms with van der Waals surface area (Å²) in [6.07, 6.45) is 44.8. The minimum atomic E-state index is -1.61. The van der Waals surface area contributed by atoms with Gasteiger partial charge in [0.15, 0.2) is 12.4 Å². The Bertz CT molecular complexity index is 1220. The zero-order valence-electron chi connectivity index (χ0n) is 38.1. The largest absolute Gasteiger partial charge is 0.462 e. The van der Waals surface area contributed by atoms with Gasteiger partial charge in [0, 0.05) is 12.8 Å². The lowest BCUT2D eigenvalue weighted by Gasteiger charge is -2.39. The van der Waals surface area contributed by atoms with E-state index in [1.54, 1.807) is 0 Å². The number of esters is 2. The van der Waals surface area contributed by atoms with Crippen molar-refractivity contribution in [3.8, 4) is 0 Å². The predicted octanol–water partition coefficient (Wildman–Crippen LogP) is 10.8. The predicted molar refractivity (Wildman–Crippen MR) is 247 cm³/mol. The lowest BCUT2D eigenvalue weighted by molar-refractivity contribution is -0.305. The Kier molecular flexibility index (Phi) is 37.9. The third-order valence-electron chi connectivity index (χ3n) is 10.6. The molecule has 0 amide bonds. The highest BCUT2D eigenvalue weighted by atomic mass is 16.7. The lowest BCUT2D eigenvalue weighted by Crippen LogP contribution is -2.59. The van der Waals surface area contributed by atoms with Crippen molar-refractivity contribution in [3.63, 3.8) is 0 Å². The van der Waals surface area contributed by atoms with E-state index in [4.69, 9.17) is 18.9 Å². The SMILES string of the molecule is CCCCCC/C=C/C=C/CCCCCCCC(=O)OC[C@H](CO[C@@H]1O[C@H](CO)[C@H](O)C(O)C1O)OC(=O)CCC/C=C/C/C=C/C/C=C/C/C=C/CCCCCCCCC. The van der Waals surface area contributed by atoms with Gasteiger partial charge in [0.05, 0.1) is 13.2 Å². The second-order valence-electron chi connectivity index (χ2n) is 16.2. The summed E-state index contributed by atoms with van der Waals surface area (Å²) in [5.74, 6) is -0.894. The monoisotopic (exact) mass is 859 g/mol.